The van der Waals surface area contributed by atoms with E-state index in [0.717, 1.165) is 11.1 Å². The Morgan fingerprint density at radius 3 is 2.89 bits per heavy atom. The average molecular weight is 265 g/mol. The van der Waals surface area contributed by atoms with Crippen molar-refractivity contribution in [3.63, 3.8) is 0 Å². The number of hydrogen-bond acceptors (Lipinski definition) is 5. The molecule has 0 fully saturated rings. The number of carbonyl (C=O) groups is 1. The molecule has 0 aliphatic rings. The molecule has 96 valence electrons. The van der Waals surface area contributed by atoms with Crippen molar-refractivity contribution in [2.45, 2.75) is 30.7 Å². The third kappa shape index (κ3) is 2.85. The Kier molecular flexibility index (Phi) is 4.25. The number of para-hydroxylation sites is 2. The molecule has 0 aliphatic heterocycles. The number of oxazole rings is 1. The first kappa shape index (κ1) is 13.0. The van der Waals surface area contributed by atoms with Crippen molar-refractivity contribution in [1.82, 2.24) is 4.98 Å². The van der Waals surface area contributed by atoms with Crippen molar-refractivity contribution in [3.8, 4) is 0 Å². The summed E-state index contributed by atoms with van der Waals surface area (Å²) < 4.78 is 10.6. The molecule has 4 nitrogen and oxygen atoms in total. The first-order valence-electron chi connectivity index (χ1n) is 5.93. The third-order valence-corrected chi connectivity index (χ3v) is 3.62. The molecular formula is C13H15NO3S. The van der Waals surface area contributed by atoms with Gasteiger partial charge in [0.2, 0.25) is 0 Å². The maximum atomic E-state index is 11.7. The van der Waals surface area contributed by atoms with E-state index in [2.05, 4.69) is 4.98 Å². The number of carbonyl (C=O) groups excluding carboxylic acids is 1. The zero-order chi connectivity index (χ0) is 13.0. The highest BCUT2D eigenvalue weighted by molar-refractivity contribution is 8.00. The molecule has 0 spiro atoms. The zero-order valence-corrected chi connectivity index (χ0v) is 11.2. The highest BCUT2D eigenvalue weighted by atomic mass is 32.2. The molecule has 2 rings (SSSR count). The quantitative estimate of drug-likeness (QED) is 0.613. The van der Waals surface area contributed by atoms with Gasteiger partial charge in [-0.1, -0.05) is 30.8 Å². The van der Waals surface area contributed by atoms with Crippen molar-refractivity contribution >= 4 is 28.8 Å². The monoisotopic (exact) mass is 265 g/mol. The standard InChI is InChI=1S/C13H15NO3S/c1-3-11(12(15)16-4-2)18-13-14-9-7-5-6-8-10(9)17-13/h5-8,11H,3-4H2,1-2H3. The van der Waals surface area contributed by atoms with Crippen molar-refractivity contribution in [3.05, 3.63) is 24.3 Å². The lowest BCUT2D eigenvalue weighted by Gasteiger charge is -2.10. The first-order chi connectivity index (χ1) is 8.74. The molecule has 1 heterocycles. The highest BCUT2D eigenvalue weighted by Crippen LogP contribution is 2.28. The molecule has 2 aromatic rings. The van der Waals surface area contributed by atoms with Crippen LogP contribution < -0.4 is 0 Å². The number of rotatable bonds is 5. The van der Waals surface area contributed by atoms with Crippen LogP contribution in [0.5, 0.6) is 0 Å². The maximum Gasteiger partial charge on any atom is 0.319 e. The minimum atomic E-state index is -0.266. The molecule has 0 saturated heterocycles. The first-order valence-corrected chi connectivity index (χ1v) is 6.81. The van der Waals surface area contributed by atoms with Gasteiger partial charge in [0.15, 0.2) is 5.58 Å². The lowest BCUT2D eigenvalue weighted by molar-refractivity contribution is -0.142. The van der Waals surface area contributed by atoms with Crippen LogP contribution in [0.1, 0.15) is 20.3 Å². The summed E-state index contributed by atoms with van der Waals surface area (Å²) >= 11 is 1.31. The summed E-state index contributed by atoms with van der Waals surface area (Å²) in [4.78, 5) is 16.0. The molecule has 18 heavy (non-hydrogen) atoms. The van der Waals surface area contributed by atoms with Gasteiger partial charge in [0, 0.05) is 0 Å². The minimum Gasteiger partial charge on any atom is -0.465 e. The average Bonchev–Trinajstić information content (AvgIpc) is 2.78. The Morgan fingerprint density at radius 1 is 1.44 bits per heavy atom. The lowest BCUT2D eigenvalue weighted by Crippen LogP contribution is -2.19. The zero-order valence-electron chi connectivity index (χ0n) is 10.4. The van der Waals surface area contributed by atoms with Crippen molar-refractivity contribution in [2.75, 3.05) is 6.61 Å². The van der Waals surface area contributed by atoms with Gasteiger partial charge in [0.25, 0.3) is 5.22 Å². The van der Waals surface area contributed by atoms with Gasteiger partial charge in [-0.25, -0.2) is 4.98 Å². The van der Waals surface area contributed by atoms with Gasteiger partial charge in [0.1, 0.15) is 10.8 Å². The Morgan fingerprint density at radius 2 is 2.22 bits per heavy atom. The second-order valence-electron chi connectivity index (χ2n) is 3.71. The van der Waals surface area contributed by atoms with Gasteiger partial charge in [0.05, 0.1) is 6.61 Å². The molecule has 1 aromatic carbocycles. The summed E-state index contributed by atoms with van der Waals surface area (Å²) in [5, 5.41) is 0.245. The van der Waals surface area contributed by atoms with Crippen LogP contribution in [-0.2, 0) is 9.53 Å². The van der Waals surface area contributed by atoms with Gasteiger partial charge in [-0.2, -0.15) is 0 Å². The van der Waals surface area contributed by atoms with Gasteiger partial charge >= 0.3 is 5.97 Å². The number of benzene rings is 1. The van der Waals surface area contributed by atoms with Gasteiger partial charge in [-0.15, -0.1) is 0 Å². The number of hydrogen-bond donors (Lipinski definition) is 0. The second-order valence-corrected chi connectivity index (χ2v) is 4.87. The number of thioether (sulfide) groups is 1. The van der Waals surface area contributed by atoms with E-state index < -0.39 is 0 Å². The van der Waals surface area contributed by atoms with Crippen LogP contribution in [0, 0.1) is 0 Å². The fourth-order valence-corrected chi connectivity index (χ4v) is 2.42. The van der Waals surface area contributed by atoms with Crippen molar-refractivity contribution < 1.29 is 13.9 Å². The van der Waals surface area contributed by atoms with Gasteiger partial charge in [-0.05, 0) is 25.5 Å². The fourth-order valence-electron chi connectivity index (χ4n) is 1.56. The van der Waals surface area contributed by atoms with Crippen LogP contribution in [0.3, 0.4) is 0 Å². The van der Waals surface area contributed by atoms with Crippen molar-refractivity contribution in [2.24, 2.45) is 0 Å². The van der Waals surface area contributed by atoms with Crippen molar-refractivity contribution in [1.29, 1.82) is 0 Å². The largest absolute Gasteiger partial charge is 0.465 e. The summed E-state index contributed by atoms with van der Waals surface area (Å²) in [5.41, 5.74) is 1.54. The van der Waals surface area contributed by atoms with Crippen LogP contribution in [0.2, 0.25) is 0 Å². The summed E-state index contributed by atoms with van der Waals surface area (Å²) in [7, 11) is 0. The van der Waals surface area contributed by atoms with Crippen LogP contribution in [0.4, 0.5) is 0 Å². The predicted molar refractivity (Wildman–Crippen MR) is 70.6 cm³/mol. The minimum absolute atomic E-state index is 0.216. The van der Waals surface area contributed by atoms with Crippen LogP contribution in [0.15, 0.2) is 33.9 Å². The van der Waals surface area contributed by atoms with E-state index in [1.165, 1.54) is 11.8 Å². The SMILES string of the molecule is CCOC(=O)C(CC)Sc1nc2ccccc2o1. The predicted octanol–water partition coefficient (Wildman–Crippen LogP) is 3.26. The molecule has 0 N–H and O–H groups in total. The lowest BCUT2D eigenvalue weighted by atomic mass is 10.3. The summed E-state index contributed by atoms with van der Waals surface area (Å²) in [5.74, 6) is -0.216. The van der Waals surface area contributed by atoms with E-state index in [1.807, 2.05) is 31.2 Å². The molecular weight excluding hydrogens is 250 g/mol. The number of fused-ring (bicyclic) bond motifs is 1. The van der Waals surface area contributed by atoms with Gasteiger partial charge < -0.3 is 9.15 Å². The highest BCUT2D eigenvalue weighted by Gasteiger charge is 2.21. The van der Waals surface area contributed by atoms with E-state index >= 15 is 0 Å². The molecule has 0 saturated carbocycles. The molecule has 5 heteroatoms. The van der Waals surface area contributed by atoms with E-state index in [0.29, 0.717) is 18.3 Å². The molecule has 0 aliphatic carbocycles. The molecule has 1 aromatic heterocycles. The molecule has 1 atom stereocenters. The van der Waals surface area contributed by atoms with E-state index in [-0.39, 0.29) is 11.2 Å². The van der Waals surface area contributed by atoms with Crippen LogP contribution in [0.25, 0.3) is 11.1 Å². The summed E-state index contributed by atoms with van der Waals surface area (Å²) in [6.45, 7) is 4.13. The molecule has 0 bridgehead atoms. The molecule has 0 amide bonds. The Hall–Kier alpha value is -1.49. The van der Waals surface area contributed by atoms with E-state index in [4.69, 9.17) is 9.15 Å². The summed E-state index contributed by atoms with van der Waals surface area (Å²) in [6, 6.07) is 7.54. The maximum absolute atomic E-state index is 11.7. The van der Waals surface area contributed by atoms with E-state index in [1.54, 1.807) is 6.92 Å². The third-order valence-electron chi connectivity index (χ3n) is 2.44. The normalized spacial score (nSPS) is 12.6. The fraction of sp³-hybridized carbons (Fsp3) is 0.385. The smallest absolute Gasteiger partial charge is 0.319 e. The second kappa shape index (κ2) is 5.91. The topological polar surface area (TPSA) is 52.3 Å². The number of nitrogens with zero attached hydrogens (tertiary/aromatic N) is 1. The van der Waals surface area contributed by atoms with Gasteiger partial charge in [-0.3, -0.25) is 4.79 Å². The Bertz CT molecular complexity index is 505. The number of ether oxygens (including phenoxy) is 1. The van der Waals surface area contributed by atoms with Crippen LogP contribution in [-0.4, -0.2) is 22.8 Å². The van der Waals surface area contributed by atoms with E-state index in [9.17, 15) is 4.79 Å². The Balaban J connectivity index is 2.13. The summed E-state index contributed by atoms with van der Waals surface area (Å²) in [6.07, 6.45) is 0.683. The number of esters is 1. The Labute approximate surface area is 110 Å². The number of aromatic nitrogens is 1. The van der Waals surface area contributed by atoms with Crippen LogP contribution >= 0.6 is 11.8 Å². The molecule has 0 radical (unpaired) electrons. The molecule has 1 unspecified atom stereocenters.